The second-order valence-corrected chi connectivity index (χ2v) is 7.23. The Kier molecular flexibility index (Phi) is 6.42. The molecule has 1 aliphatic rings. The highest BCUT2D eigenvalue weighted by molar-refractivity contribution is 5.37. The molecular formula is C22H26F3NO. The summed E-state index contributed by atoms with van der Waals surface area (Å²) < 4.78 is 43.5. The van der Waals surface area contributed by atoms with Crippen molar-refractivity contribution in [1.29, 1.82) is 0 Å². The first-order chi connectivity index (χ1) is 13.0. The Morgan fingerprint density at radius 3 is 2.48 bits per heavy atom. The average molecular weight is 377 g/mol. The van der Waals surface area contributed by atoms with E-state index in [1.54, 1.807) is 19.2 Å². The van der Waals surface area contributed by atoms with Crippen LogP contribution >= 0.6 is 0 Å². The van der Waals surface area contributed by atoms with Crippen LogP contribution in [-0.4, -0.2) is 19.3 Å². The van der Waals surface area contributed by atoms with E-state index >= 15 is 0 Å². The molecule has 0 heterocycles. The molecule has 2 aromatic rings. The van der Waals surface area contributed by atoms with Crippen LogP contribution < -0.4 is 10.1 Å². The first-order valence-electron chi connectivity index (χ1n) is 9.47. The third-order valence-electron chi connectivity index (χ3n) is 5.30. The van der Waals surface area contributed by atoms with E-state index in [1.165, 1.54) is 24.5 Å². The molecule has 0 unspecified atom stereocenters. The molecule has 0 spiro atoms. The van der Waals surface area contributed by atoms with Gasteiger partial charge in [0.15, 0.2) is 0 Å². The second kappa shape index (κ2) is 8.79. The molecule has 0 bridgehead atoms. The Bertz CT molecular complexity index is 730. The van der Waals surface area contributed by atoms with E-state index < -0.39 is 12.6 Å². The standard InChI is InChI=1S/C22H26F3NO/c1-27-21-12-11-16(14-22(23,24)25)13-18(21)15-26-20-10-6-5-9-19(20)17-7-3-2-4-8-17/h2-4,7-8,11-13,19-20,26H,5-6,9-10,14-15H2,1H3/t19-,20-/m0/s1. The lowest BCUT2D eigenvalue weighted by molar-refractivity contribution is -0.127. The number of halogens is 3. The zero-order valence-corrected chi connectivity index (χ0v) is 15.6. The molecule has 1 fully saturated rings. The SMILES string of the molecule is COc1ccc(CC(F)(F)F)cc1CN[C@H]1CCCC[C@H]1c1ccccc1. The molecule has 1 saturated carbocycles. The minimum Gasteiger partial charge on any atom is -0.496 e. The molecule has 1 N–H and O–H groups in total. The van der Waals surface area contributed by atoms with Gasteiger partial charge in [-0.15, -0.1) is 0 Å². The average Bonchev–Trinajstić information content (AvgIpc) is 2.66. The van der Waals surface area contributed by atoms with Crippen LogP contribution in [-0.2, 0) is 13.0 Å². The summed E-state index contributed by atoms with van der Waals surface area (Å²) in [6, 6.07) is 15.5. The van der Waals surface area contributed by atoms with Gasteiger partial charge >= 0.3 is 6.18 Å². The topological polar surface area (TPSA) is 21.3 Å². The molecule has 5 heteroatoms. The van der Waals surface area contributed by atoms with Gasteiger partial charge in [-0.3, -0.25) is 0 Å². The first kappa shape index (κ1) is 19.7. The zero-order chi connectivity index (χ0) is 19.3. The lowest BCUT2D eigenvalue weighted by Crippen LogP contribution is -2.36. The predicted octanol–water partition coefficient (Wildman–Crippen LogP) is 5.62. The van der Waals surface area contributed by atoms with Gasteiger partial charge in [0, 0.05) is 18.2 Å². The summed E-state index contributed by atoms with van der Waals surface area (Å²) in [4.78, 5) is 0. The van der Waals surface area contributed by atoms with Crippen molar-refractivity contribution < 1.29 is 17.9 Å². The summed E-state index contributed by atoms with van der Waals surface area (Å²) in [6.45, 7) is 0.503. The number of alkyl halides is 3. The maximum atomic E-state index is 12.7. The Morgan fingerprint density at radius 1 is 1.04 bits per heavy atom. The molecule has 0 saturated heterocycles. The minimum atomic E-state index is -4.21. The number of rotatable bonds is 6. The fourth-order valence-corrected chi connectivity index (χ4v) is 4.03. The van der Waals surface area contributed by atoms with Gasteiger partial charge < -0.3 is 10.1 Å². The maximum absolute atomic E-state index is 12.7. The Hall–Kier alpha value is -2.01. The highest BCUT2D eigenvalue weighted by Crippen LogP contribution is 2.33. The van der Waals surface area contributed by atoms with Crippen molar-refractivity contribution in [2.24, 2.45) is 0 Å². The maximum Gasteiger partial charge on any atom is 0.393 e. The van der Waals surface area contributed by atoms with Gasteiger partial charge in [-0.05, 0) is 36.0 Å². The molecule has 2 nitrogen and oxygen atoms in total. The Labute approximate surface area is 158 Å². The van der Waals surface area contributed by atoms with Crippen molar-refractivity contribution in [1.82, 2.24) is 5.32 Å². The summed E-state index contributed by atoms with van der Waals surface area (Å²) in [6.07, 6.45) is -0.535. The van der Waals surface area contributed by atoms with Crippen LogP contribution in [0, 0.1) is 0 Å². The summed E-state index contributed by atoms with van der Waals surface area (Å²) in [5.74, 6) is 1.06. The van der Waals surface area contributed by atoms with E-state index in [4.69, 9.17) is 4.74 Å². The van der Waals surface area contributed by atoms with Crippen LogP contribution in [0.2, 0.25) is 0 Å². The van der Waals surface area contributed by atoms with E-state index in [0.717, 1.165) is 18.4 Å². The molecule has 2 aromatic carbocycles. The van der Waals surface area contributed by atoms with Crippen molar-refractivity contribution in [3.8, 4) is 5.75 Å². The number of benzene rings is 2. The number of methoxy groups -OCH3 is 1. The zero-order valence-electron chi connectivity index (χ0n) is 15.6. The van der Waals surface area contributed by atoms with Crippen molar-refractivity contribution in [2.45, 2.75) is 56.8 Å². The molecule has 0 amide bonds. The molecule has 146 valence electrons. The fourth-order valence-electron chi connectivity index (χ4n) is 4.03. The molecular weight excluding hydrogens is 351 g/mol. The van der Waals surface area contributed by atoms with Crippen LogP contribution in [0.15, 0.2) is 48.5 Å². The lowest BCUT2D eigenvalue weighted by Gasteiger charge is -2.33. The summed E-state index contributed by atoms with van der Waals surface area (Å²) in [5, 5.41) is 3.59. The number of ether oxygens (including phenoxy) is 1. The molecule has 0 radical (unpaired) electrons. The van der Waals surface area contributed by atoms with Gasteiger partial charge in [-0.25, -0.2) is 0 Å². The molecule has 1 aliphatic carbocycles. The number of nitrogens with one attached hydrogen (secondary N) is 1. The number of hydrogen-bond acceptors (Lipinski definition) is 2. The Morgan fingerprint density at radius 2 is 1.78 bits per heavy atom. The van der Waals surface area contributed by atoms with E-state index in [0.29, 0.717) is 24.3 Å². The van der Waals surface area contributed by atoms with E-state index in [1.807, 2.05) is 6.07 Å². The number of hydrogen-bond donors (Lipinski definition) is 1. The van der Waals surface area contributed by atoms with Crippen LogP contribution in [0.25, 0.3) is 0 Å². The van der Waals surface area contributed by atoms with E-state index in [9.17, 15) is 13.2 Å². The second-order valence-electron chi connectivity index (χ2n) is 7.23. The molecule has 27 heavy (non-hydrogen) atoms. The van der Waals surface area contributed by atoms with Crippen molar-refractivity contribution >= 4 is 0 Å². The van der Waals surface area contributed by atoms with Crippen LogP contribution in [0.1, 0.15) is 48.3 Å². The first-order valence-corrected chi connectivity index (χ1v) is 9.47. The van der Waals surface area contributed by atoms with Gasteiger partial charge in [0.1, 0.15) is 5.75 Å². The van der Waals surface area contributed by atoms with E-state index in [2.05, 4.69) is 29.6 Å². The largest absolute Gasteiger partial charge is 0.496 e. The predicted molar refractivity (Wildman–Crippen MR) is 101 cm³/mol. The quantitative estimate of drug-likeness (QED) is 0.706. The van der Waals surface area contributed by atoms with Crippen LogP contribution in [0.5, 0.6) is 5.75 Å². The van der Waals surface area contributed by atoms with Gasteiger partial charge in [-0.1, -0.05) is 55.3 Å². The van der Waals surface area contributed by atoms with Gasteiger partial charge in [0.2, 0.25) is 0 Å². The highest BCUT2D eigenvalue weighted by Gasteiger charge is 2.29. The molecule has 0 aromatic heterocycles. The van der Waals surface area contributed by atoms with Crippen LogP contribution in [0.4, 0.5) is 13.2 Å². The summed E-state index contributed by atoms with van der Waals surface area (Å²) in [7, 11) is 1.55. The van der Waals surface area contributed by atoms with Gasteiger partial charge in [0.25, 0.3) is 0 Å². The lowest BCUT2D eigenvalue weighted by atomic mass is 9.80. The molecule has 0 aliphatic heterocycles. The van der Waals surface area contributed by atoms with Crippen molar-refractivity contribution in [3.63, 3.8) is 0 Å². The minimum absolute atomic E-state index is 0.267. The van der Waals surface area contributed by atoms with Crippen LogP contribution in [0.3, 0.4) is 0 Å². The van der Waals surface area contributed by atoms with Gasteiger partial charge in [0.05, 0.1) is 13.5 Å². The van der Waals surface area contributed by atoms with Crippen molar-refractivity contribution in [3.05, 3.63) is 65.2 Å². The third-order valence-corrected chi connectivity index (χ3v) is 5.30. The summed E-state index contributed by atoms with van der Waals surface area (Å²) >= 11 is 0. The fraction of sp³-hybridized carbons (Fsp3) is 0.455. The smallest absolute Gasteiger partial charge is 0.393 e. The molecule has 3 rings (SSSR count). The normalized spacial score (nSPS) is 20.4. The third kappa shape index (κ3) is 5.48. The Balaban J connectivity index is 1.73. The van der Waals surface area contributed by atoms with Gasteiger partial charge in [-0.2, -0.15) is 13.2 Å². The molecule has 2 atom stereocenters. The summed E-state index contributed by atoms with van der Waals surface area (Å²) in [5.41, 5.74) is 2.37. The monoisotopic (exact) mass is 377 g/mol. The highest BCUT2D eigenvalue weighted by atomic mass is 19.4. The van der Waals surface area contributed by atoms with E-state index in [-0.39, 0.29) is 5.56 Å². The van der Waals surface area contributed by atoms with Crippen molar-refractivity contribution in [2.75, 3.05) is 7.11 Å².